The first-order valence-electron chi connectivity index (χ1n) is 10.4. The predicted molar refractivity (Wildman–Crippen MR) is 127 cm³/mol. The smallest absolute Gasteiger partial charge is 0.167 e. The van der Waals surface area contributed by atoms with Gasteiger partial charge in [-0.1, -0.05) is 70.5 Å². The molecule has 0 saturated heterocycles. The molecule has 3 aromatic rings. The van der Waals surface area contributed by atoms with Crippen LogP contribution in [0.25, 0.3) is 0 Å². The average Bonchev–Trinajstić information content (AvgIpc) is 2.77. The highest BCUT2D eigenvalue weighted by Crippen LogP contribution is 2.37. The number of hydrogen-bond donors (Lipinski definition) is 1. The van der Waals surface area contributed by atoms with Crippen molar-refractivity contribution in [1.29, 1.82) is 0 Å². The van der Waals surface area contributed by atoms with Crippen LogP contribution in [0.3, 0.4) is 0 Å². The zero-order chi connectivity index (χ0) is 21.3. The van der Waals surface area contributed by atoms with Crippen LogP contribution >= 0.6 is 15.9 Å². The number of hydrogen-bond acceptors (Lipinski definition) is 3. The van der Waals surface area contributed by atoms with Gasteiger partial charge < -0.3 is 14.8 Å². The Hall–Kier alpha value is -2.30. The molecular formula is C26H30BrNO2. The summed E-state index contributed by atoms with van der Waals surface area (Å²) < 4.78 is 12.9. The van der Waals surface area contributed by atoms with Gasteiger partial charge in [-0.25, -0.2) is 0 Å². The van der Waals surface area contributed by atoms with Crippen LogP contribution in [0.15, 0.2) is 71.2 Å². The summed E-state index contributed by atoms with van der Waals surface area (Å²) in [5.41, 5.74) is 4.85. The van der Waals surface area contributed by atoms with E-state index in [0.29, 0.717) is 19.2 Å². The summed E-state index contributed by atoms with van der Waals surface area (Å²) in [6.07, 6.45) is 2.13. The van der Waals surface area contributed by atoms with Crippen LogP contribution in [0, 0.1) is 6.92 Å². The standard InChI is InChI=1S/C26H30BrNO2/c1-19-9-7-8-12-22(19)18-30-26-23(24(27)15-16-25(26)29-3)17-28-20(2)13-14-21-10-5-4-6-11-21/h4-12,15-16,20,28H,13-14,17-18H2,1-3H3. The van der Waals surface area contributed by atoms with Gasteiger partial charge in [-0.2, -0.15) is 0 Å². The zero-order valence-corrected chi connectivity index (χ0v) is 19.5. The van der Waals surface area contributed by atoms with Crippen LogP contribution in [0.5, 0.6) is 11.5 Å². The number of benzene rings is 3. The van der Waals surface area contributed by atoms with Crippen molar-refractivity contribution in [2.45, 2.75) is 45.9 Å². The first-order chi connectivity index (χ1) is 14.6. The predicted octanol–water partition coefficient (Wildman–Crippen LogP) is 6.46. The first-order valence-corrected chi connectivity index (χ1v) is 11.2. The van der Waals surface area contributed by atoms with Crippen LogP contribution in [0.1, 0.15) is 35.6 Å². The third-order valence-electron chi connectivity index (χ3n) is 5.36. The van der Waals surface area contributed by atoms with Crippen molar-refractivity contribution < 1.29 is 9.47 Å². The Morgan fingerprint density at radius 3 is 2.43 bits per heavy atom. The van der Waals surface area contributed by atoms with Gasteiger partial charge >= 0.3 is 0 Å². The molecule has 0 radical (unpaired) electrons. The molecule has 0 bridgehead atoms. The lowest BCUT2D eigenvalue weighted by Gasteiger charge is -2.20. The third kappa shape index (κ3) is 6.10. The molecule has 0 aromatic heterocycles. The van der Waals surface area contributed by atoms with Gasteiger partial charge in [0.15, 0.2) is 11.5 Å². The number of aryl methyl sites for hydroxylation is 2. The number of ether oxygens (including phenoxy) is 2. The highest BCUT2D eigenvalue weighted by molar-refractivity contribution is 9.10. The largest absolute Gasteiger partial charge is 0.493 e. The Bertz CT molecular complexity index is 943. The van der Waals surface area contributed by atoms with Crippen LogP contribution in [0.2, 0.25) is 0 Å². The second-order valence-electron chi connectivity index (χ2n) is 7.58. The third-order valence-corrected chi connectivity index (χ3v) is 6.10. The number of rotatable bonds is 10. The van der Waals surface area contributed by atoms with Crippen LogP contribution in [0.4, 0.5) is 0 Å². The molecule has 1 atom stereocenters. The fraction of sp³-hybridized carbons (Fsp3) is 0.308. The van der Waals surface area contributed by atoms with Crippen molar-refractivity contribution in [2.24, 2.45) is 0 Å². The van der Waals surface area contributed by atoms with Gasteiger partial charge in [-0.05, 0) is 55.5 Å². The van der Waals surface area contributed by atoms with Gasteiger partial charge in [-0.15, -0.1) is 0 Å². The van der Waals surface area contributed by atoms with E-state index in [0.717, 1.165) is 34.4 Å². The van der Waals surface area contributed by atoms with Crippen molar-refractivity contribution in [2.75, 3.05) is 7.11 Å². The van der Waals surface area contributed by atoms with Gasteiger partial charge in [0.05, 0.1) is 7.11 Å². The summed E-state index contributed by atoms with van der Waals surface area (Å²) in [6, 6.07) is 23.3. The van der Waals surface area contributed by atoms with Gasteiger partial charge in [0.2, 0.25) is 0 Å². The van der Waals surface area contributed by atoms with Gasteiger partial charge in [-0.3, -0.25) is 0 Å². The van der Waals surface area contributed by atoms with Crippen LogP contribution in [-0.4, -0.2) is 13.2 Å². The monoisotopic (exact) mass is 467 g/mol. The molecule has 158 valence electrons. The minimum atomic E-state index is 0.382. The molecule has 0 aliphatic heterocycles. The summed E-state index contributed by atoms with van der Waals surface area (Å²) in [4.78, 5) is 0. The molecule has 3 rings (SSSR count). The molecule has 0 saturated carbocycles. The molecule has 0 aliphatic rings. The van der Waals surface area contributed by atoms with Crippen molar-refractivity contribution in [1.82, 2.24) is 5.32 Å². The number of halogens is 1. The van der Waals surface area contributed by atoms with E-state index in [1.165, 1.54) is 16.7 Å². The topological polar surface area (TPSA) is 30.5 Å². The Morgan fingerprint density at radius 1 is 0.967 bits per heavy atom. The fourth-order valence-corrected chi connectivity index (χ4v) is 3.85. The second kappa shape index (κ2) is 11.2. The van der Waals surface area contributed by atoms with Crippen molar-refractivity contribution in [3.8, 4) is 11.5 Å². The molecule has 3 aromatic carbocycles. The highest BCUT2D eigenvalue weighted by Gasteiger charge is 2.16. The first kappa shape index (κ1) is 22.4. The molecule has 0 amide bonds. The SMILES string of the molecule is COc1ccc(Br)c(CNC(C)CCc2ccccc2)c1OCc1ccccc1C. The molecule has 30 heavy (non-hydrogen) atoms. The Labute approximate surface area is 188 Å². The van der Waals surface area contributed by atoms with E-state index in [9.17, 15) is 0 Å². The molecule has 3 nitrogen and oxygen atoms in total. The second-order valence-corrected chi connectivity index (χ2v) is 8.43. The lowest BCUT2D eigenvalue weighted by Crippen LogP contribution is -2.26. The average molecular weight is 468 g/mol. The lowest BCUT2D eigenvalue weighted by atomic mass is 10.1. The molecule has 0 fully saturated rings. The van der Waals surface area contributed by atoms with Gasteiger partial charge in [0.25, 0.3) is 0 Å². The minimum Gasteiger partial charge on any atom is -0.493 e. The maximum absolute atomic E-state index is 6.27. The summed E-state index contributed by atoms with van der Waals surface area (Å²) >= 11 is 3.70. The minimum absolute atomic E-state index is 0.382. The normalized spacial score (nSPS) is 11.9. The summed E-state index contributed by atoms with van der Waals surface area (Å²) in [5.74, 6) is 1.54. The highest BCUT2D eigenvalue weighted by atomic mass is 79.9. The van der Waals surface area contributed by atoms with E-state index in [1.807, 2.05) is 24.3 Å². The van der Waals surface area contributed by atoms with E-state index in [-0.39, 0.29) is 0 Å². The van der Waals surface area contributed by atoms with Crippen molar-refractivity contribution in [3.05, 3.63) is 93.5 Å². The Kier molecular flexibility index (Phi) is 8.35. The summed E-state index contributed by atoms with van der Waals surface area (Å²) in [6.45, 7) is 5.55. The van der Waals surface area contributed by atoms with E-state index in [1.54, 1.807) is 7.11 Å². The van der Waals surface area contributed by atoms with Crippen LogP contribution < -0.4 is 14.8 Å². The molecule has 1 unspecified atom stereocenters. The molecule has 4 heteroatoms. The van der Waals surface area contributed by atoms with Gasteiger partial charge in [0.1, 0.15) is 6.61 Å². The molecule has 0 aliphatic carbocycles. The number of nitrogens with one attached hydrogen (secondary N) is 1. The quantitative estimate of drug-likeness (QED) is 0.371. The summed E-state index contributed by atoms with van der Waals surface area (Å²) in [5, 5.41) is 3.65. The van der Waals surface area contributed by atoms with Crippen molar-refractivity contribution >= 4 is 15.9 Å². The number of methoxy groups -OCH3 is 1. The van der Waals surface area contributed by atoms with E-state index >= 15 is 0 Å². The lowest BCUT2D eigenvalue weighted by molar-refractivity contribution is 0.279. The molecule has 1 N–H and O–H groups in total. The Balaban J connectivity index is 1.67. The van der Waals surface area contributed by atoms with E-state index < -0.39 is 0 Å². The maximum Gasteiger partial charge on any atom is 0.167 e. The Morgan fingerprint density at radius 2 is 1.70 bits per heavy atom. The maximum atomic E-state index is 6.27. The zero-order valence-electron chi connectivity index (χ0n) is 18.0. The summed E-state index contributed by atoms with van der Waals surface area (Å²) in [7, 11) is 1.68. The van der Waals surface area contributed by atoms with E-state index in [4.69, 9.17) is 9.47 Å². The van der Waals surface area contributed by atoms with Crippen LogP contribution in [-0.2, 0) is 19.6 Å². The van der Waals surface area contributed by atoms with Gasteiger partial charge in [0, 0.05) is 22.6 Å². The molecule has 0 spiro atoms. The molecular weight excluding hydrogens is 438 g/mol. The van der Waals surface area contributed by atoms with Crippen molar-refractivity contribution in [3.63, 3.8) is 0 Å². The van der Waals surface area contributed by atoms with E-state index in [2.05, 4.69) is 77.6 Å². The molecule has 0 heterocycles. The fourth-order valence-electron chi connectivity index (χ4n) is 3.39.